The van der Waals surface area contributed by atoms with Crippen molar-refractivity contribution in [3.8, 4) is 11.1 Å². The van der Waals surface area contributed by atoms with E-state index in [1.54, 1.807) is 37.0 Å². The maximum Gasteiger partial charge on any atom is 0.433 e. The largest absolute Gasteiger partial charge is 0.433 e. The van der Waals surface area contributed by atoms with Gasteiger partial charge in [-0.15, -0.1) is 20.7 Å². The van der Waals surface area contributed by atoms with E-state index in [4.69, 9.17) is 0 Å². The van der Waals surface area contributed by atoms with Crippen LogP contribution in [-0.4, -0.2) is 56.6 Å². The predicted molar refractivity (Wildman–Crippen MR) is 174 cm³/mol. The van der Waals surface area contributed by atoms with Crippen molar-refractivity contribution in [3.05, 3.63) is 71.1 Å². The molecule has 1 N–H and O–H groups in total. The van der Waals surface area contributed by atoms with E-state index in [1.807, 2.05) is 26.0 Å². The number of hydrogen-bond donors (Lipinski definition) is 1. The summed E-state index contributed by atoms with van der Waals surface area (Å²) < 4.78 is 45.5. The number of aromatic nitrogens is 4. The lowest BCUT2D eigenvalue weighted by Gasteiger charge is -2.29. The Morgan fingerprint density at radius 3 is 2.38 bits per heavy atom. The van der Waals surface area contributed by atoms with Crippen molar-refractivity contribution in [1.29, 1.82) is 0 Å². The van der Waals surface area contributed by atoms with Crippen molar-refractivity contribution in [2.45, 2.75) is 63.9 Å². The van der Waals surface area contributed by atoms with E-state index in [-0.39, 0.29) is 34.0 Å². The maximum absolute atomic E-state index is 14.1. The standard InChI is InChI=1S/C32H32F3IN6O3/c1-16-7-8-26(32(33,34)35)39-30(16)40-31(45)25-10-18(3)29(36-6)42(25)27(44)15-41-14-24(19(4)43)23-11-21(9-17(2)28(23)41)22-12-37-20(5)38-13-22/h7-9,11-14,18,25,29H,6,10,15H2,1-5H3,(H,39,40,45)/t18-,25-,29-/m0/s1. The van der Waals surface area contributed by atoms with Crippen molar-refractivity contribution in [2.75, 3.05) is 5.32 Å². The topological polar surface area (TPSA) is 110 Å². The van der Waals surface area contributed by atoms with E-state index in [2.05, 4.69) is 24.8 Å². The van der Waals surface area contributed by atoms with E-state index in [9.17, 15) is 27.6 Å². The fraction of sp³-hybridized carbons (Fsp3) is 0.344. The molecule has 2 amide bonds. The van der Waals surface area contributed by atoms with Crippen LogP contribution in [0, 0.1) is 26.7 Å². The summed E-state index contributed by atoms with van der Waals surface area (Å²) in [7, 11) is 0. The highest BCUT2D eigenvalue weighted by Crippen LogP contribution is 2.38. The van der Waals surface area contributed by atoms with Gasteiger partial charge >= 0.3 is 6.18 Å². The summed E-state index contributed by atoms with van der Waals surface area (Å²) in [4.78, 5) is 54.1. The van der Waals surface area contributed by atoms with Crippen LogP contribution < -0.4 is 5.32 Å². The first-order chi connectivity index (χ1) is 21.2. The number of Topliss-reactive ketones (excluding diaryl/α,β-unsaturated/α-hetero) is 1. The van der Waals surface area contributed by atoms with Crippen molar-refractivity contribution in [1.82, 2.24) is 24.4 Å². The number of rotatable bonds is 7. The third-order valence-corrected chi connectivity index (χ3v) is 10.7. The number of alkyl halides is 4. The smallest absolute Gasteiger partial charge is 0.337 e. The van der Waals surface area contributed by atoms with Crippen LogP contribution in [0.2, 0.25) is 0 Å². The molecule has 0 radical (unpaired) electrons. The summed E-state index contributed by atoms with van der Waals surface area (Å²) in [5, 5.41) is 3.23. The van der Waals surface area contributed by atoms with Gasteiger partial charge in [0.25, 0.3) is 0 Å². The highest BCUT2D eigenvalue weighted by Gasteiger charge is 2.44. The number of carbonyl (C=O) groups is 3. The number of ketones is 1. The van der Waals surface area contributed by atoms with Crippen LogP contribution in [0.4, 0.5) is 19.0 Å². The van der Waals surface area contributed by atoms with Gasteiger partial charge in [0.15, 0.2) is 5.78 Å². The minimum atomic E-state index is -4.68. The molecule has 3 atom stereocenters. The zero-order valence-electron chi connectivity index (χ0n) is 25.4. The van der Waals surface area contributed by atoms with E-state index < -0.39 is 44.6 Å². The molecule has 1 fully saturated rings. The molecule has 1 aromatic carbocycles. The van der Waals surface area contributed by atoms with Crippen LogP contribution in [0.25, 0.3) is 22.0 Å². The van der Waals surface area contributed by atoms with Crippen LogP contribution in [0.5, 0.6) is 0 Å². The number of halogens is 4. The Morgan fingerprint density at radius 2 is 1.76 bits per heavy atom. The molecule has 0 spiro atoms. The summed E-state index contributed by atoms with van der Waals surface area (Å²) in [6, 6.07) is 5.02. The summed E-state index contributed by atoms with van der Waals surface area (Å²) in [6.07, 6.45) is 0.753. The van der Waals surface area contributed by atoms with Gasteiger partial charge in [0.2, 0.25) is 11.8 Å². The second-order valence-corrected chi connectivity index (χ2v) is 13.5. The first-order valence-electron chi connectivity index (χ1n) is 14.2. The number of carbonyl (C=O) groups excluding carboxylic acids is 3. The van der Waals surface area contributed by atoms with E-state index in [0.29, 0.717) is 34.3 Å². The molecular formula is C32H32F3IN6O3. The highest BCUT2D eigenvalue weighted by atomic mass is 127. The van der Waals surface area contributed by atoms with Crippen LogP contribution in [0.1, 0.15) is 53.3 Å². The molecule has 4 aromatic rings. The Kier molecular flexibility index (Phi) is 8.93. The molecule has 4 heterocycles. The van der Waals surface area contributed by atoms with E-state index in [0.717, 1.165) is 22.8 Å². The monoisotopic (exact) mass is 732 g/mol. The molecule has 3 aromatic heterocycles. The zero-order chi connectivity index (χ0) is 32.8. The molecule has 9 nitrogen and oxygen atoms in total. The number of hydrogen-bond acceptors (Lipinski definition) is 6. The lowest BCUT2D eigenvalue weighted by Crippen LogP contribution is -2.47. The van der Waals surface area contributed by atoms with Crippen molar-refractivity contribution in [3.63, 3.8) is 0 Å². The van der Waals surface area contributed by atoms with Crippen LogP contribution in [0.15, 0.2) is 42.9 Å². The fourth-order valence-corrected chi connectivity index (χ4v) is 8.09. The third kappa shape index (κ3) is 6.40. The molecule has 236 valence electrons. The zero-order valence-corrected chi connectivity index (χ0v) is 27.5. The Bertz CT molecular complexity index is 1840. The second-order valence-electron chi connectivity index (χ2n) is 11.3. The van der Waals surface area contributed by atoms with Gasteiger partial charge in [-0.2, -0.15) is 13.2 Å². The highest BCUT2D eigenvalue weighted by molar-refractivity contribution is 14.2. The Labute approximate surface area is 268 Å². The van der Waals surface area contributed by atoms with Crippen LogP contribution in [0.3, 0.4) is 0 Å². The Morgan fingerprint density at radius 1 is 1.07 bits per heavy atom. The van der Waals surface area contributed by atoms with Crippen LogP contribution in [-0.2, 0) is 22.3 Å². The van der Waals surface area contributed by atoms with Crippen molar-refractivity contribution < 1.29 is 27.6 Å². The molecule has 0 bridgehead atoms. The minimum Gasteiger partial charge on any atom is -0.337 e. The maximum atomic E-state index is 14.1. The molecule has 5 rings (SSSR count). The lowest BCUT2D eigenvalue weighted by atomic mass is 10.0. The summed E-state index contributed by atoms with van der Waals surface area (Å²) >= 11 is -0.772. The molecule has 1 aliphatic heterocycles. The second kappa shape index (κ2) is 12.4. The molecule has 0 saturated carbocycles. The fourth-order valence-electron chi connectivity index (χ4n) is 5.81. The molecular weight excluding hydrogens is 700 g/mol. The quantitative estimate of drug-likeness (QED) is 0.104. The van der Waals surface area contributed by atoms with Crippen molar-refractivity contribution >= 4 is 59.6 Å². The molecule has 1 aliphatic rings. The van der Waals surface area contributed by atoms with Crippen LogP contribution >= 0.6 is 20.7 Å². The van der Waals surface area contributed by atoms with Gasteiger partial charge < -0.3 is 14.8 Å². The van der Waals surface area contributed by atoms with E-state index in [1.165, 1.54) is 17.9 Å². The molecule has 1 saturated heterocycles. The van der Waals surface area contributed by atoms with E-state index >= 15 is 0 Å². The van der Waals surface area contributed by atoms with Gasteiger partial charge in [-0.05, 0) is 74.9 Å². The third-order valence-electron chi connectivity index (χ3n) is 8.01. The number of anilines is 1. The predicted octanol–water partition coefficient (Wildman–Crippen LogP) is 6.24. The SMILES string of the molecule is C=I[C@@H]1[C@@H](C)C[C@@H](C(=O)Nc2nc(C(F)(F)F)ccc2C)N1C(=O)Cn1cc(C(C)=O)c2cc(-c3cnc(C)nc3)cc(C)c21. The summed E-state index contributed by atoms with van der Waals surface area (Å²) in [5.74, 6) is -0.716. The number of likely N-dealkylation sites (tertiary alicyclic amines) is 1. The van der Waals surface area contributed by atoms with Gasteiger partial charge in [-0.3, -0.25) is 14.4 Å². The first-order valence-corrected chi connectivity index (χ1v) is 16.9. The number of benzene rings is 1. The van der Waals surface area contributed by atoms with Gasteiger partial charge in [0.05, 0.1) is 9.57 Å². The minimum absolute atomic E-state index is 0.0409. The summed E-state index contributed by atoms with van der Waals surface area (Å²) in [6.45, 7) is 8.51. The number of nitrogens with one attached hydrogen (secondary N) is 1. The first kappa shape index (κ1) is 32.4. The number of amides is 2. The number of aryl methyl sites for hydroxylation is 3. The average Bonchev–Trinajstić information content (AvgIpc) is 3.51. The molecule has 0 unspecified atom stereocenters. The summed E-state index contributed by atoms with van der Waals surface area (Å²) in [5.41, 5.74) is 2.86. The average molecular weight is 733 g/mol. The number of fused-ring (bicyclic) bond motifs is 1. The Balaban J connectivity index is 1.48. The number of pyridine rings is 1. The normalized spacial score (nSPS) is 18.4. The van der Waals surface area contributed by atoms with Crippen molar-refractivity contribution in [2.24, 2.45) is 5.92 Å². The van der Waals surface area contributed by atoms with Gasteiger partial charge in [0.1, 0.15) is 29.9 Å². The number of nitrogens with zero attached hydrogens (tertiary/aromatic N) is 5. The van der Waals surface area contributed by atoms with Gasteiger partial charge in [-0.25, -0.2) is 15.0 Å². The molecule has 45 heavy (non-hydrogen) atoms. The van der Waals surface area contributed by atoms with Gasteiger partial charge in [0, 0.05) is 35.1 Å². The lowest BCUT2D eigenvalue weighted by molar-refractivity contribution is -0.141. The molecule has 0 aliphatic carbocycles. The molecule has 13 heteroatoms. The van der Waals surface area contributed by atoms with Gasteiger partial charge in [-0.1, -0.05) is 17.5 Å². The Hall–Kier alpha value is -4.01.